The number of carbonyl (C=O) groups is 1. The Labute approximate surface area is 121 Å². The van der Waals surface area contributed by atoms with Crippen LogP contribution in [0.2, 0.25) is 0 Å². The van der Waals surface area contributed by atoms with Crippen LogP contribution in [0.4, 0.5) is 0 Å². The second-order valence-corrected chi connectivity index (χ2v) is 6.28. The van der Waals surface area contributed by atoms with Crippen molar-refractivity contribution in [2.24, 2.45) is 17.8 Å². The van der Waals surface area contributed by atoms with Crippen LogP contribution in [0.25, 0.3) is 0 Å². The van der Waals surface area contributed by atoms with Crippen LogP contribution in [0.1, 0.15) is 50.4 Å². The first-order valence-corrected chi connectivity index (χ1v) is 7.48. The van der Waals surface area contributed by atoms with Crippen molar-refractivity contribution < 1.29 is 14.6 Å². The van der Waals surface area contributed by atoms with E-state index in [1.165, 1.54) is 12.8 Å². The molecule has 0 aromatic heterocycles. The quantitative estimate of drug-likeness (QED) is 0.895. The third-order valence-electron chi connectivity index (χ3n) is 4.36. The molecule has 1 N–H and O–H groups in total. The third-order valence-corrected chi connectivity index (χ3v) is 4.36. The number of rotatable bonds is 4. The monoisotopic (exact) mass is 276 g/mol. The molecule has 0 heterocycles. The lowest BCUT2D eigenvalue weighted by atomic mass is 9.75. The van der Waals surface area contributed by atoms with Gasteiger partial charge in [-0.25, -0.2) is 4.79 Å². The summed E-state index contributed by atoms with van der Waals surface area (Å²) < 4.78 is 6.11. The van der Waals surface area contributed by atoms with Crippen LogP contribution in [0.3, 0.4) is 0 Å². The Morgan fingerprint density at radius 1 is 1.30 bits per heavy atom. The van der Waals surface area contributed by atoms with Crippen LogP contribution in [0.5, 0.6) is 5.75 Å². The van der Waals surface area contributed by atoms with Crippen molar-refractivity contribution in [1.29, 1.82) is 0 Å². The van der Waals surface area contributed by atoms with Crippen molar-refractivity contribution >= 4 is 5.97 Å². The summed E-state index contributed by atoms with van der Waals surface area (Å²) in [6.07, 6.45) is 3.54. The summed E-state index contributed by atoms with van der Waals surface area (Å²) in [5.41, 5.74) is 0.258. The number of hydrogen-bond donors (Lipinski definition) is 1. The first-order chi connectivity index (χ1) is 9.49. The molecule has 3 heteroatoms. The molecular weight excluding hydrogens is 252 g/mol. The molecule has 1 saturated carbocycles. The molecule has 0 spiro atoms. The first-order valence-electron chi connectivity index (χ1n) is 7.48. The third kappa shape index (κ3) is 3.33. The molecule has 1 aromatic rings. The van der Waals surface area contributed by atoms with Crippen LogP contribution >= 0.6 is 0 Å². The van der Waals surface area contributed by atoms with Gasteiger partial charge in [-0.3, -0.25) is 0 Å². The maximum Gasteiger partial charge on any atom is 0.339 e. The van der Waals surface area contributed by atoms with Crippen LogP contribution in [-0.4, -0.2) is 17.2 Å². The van der Waals surface area contributed by atoms with E-state index in [9.17, 15) is 9.90 Å². The van der Waals surface area contributed by atoms with E-state index in [4.69, 9.17) is 4.74 Å². The maximum atomic E-state index is 11.3. The van der Waals surface area contributed by atoms with Gasteiger partial charge in [0.15, 0.2) is 0 Å². The molecule has 0 saturated heterocycles. The van der Waals surface area contributed by atoms with Crippen molar-refractivity contribution in [3.05, 3.63) is 29.8 Å². The molecular formula is C17H24O3. The van der Waals surface area contributed by atoms with E-state index in [1.807, 2.05) is 6.07 Å². The zero-order chi connectivity index (χ0) is 14.7. The highest BCUT2D eigenvalue weighted by Crippen LogP contribution is 2.36. The van der Waals surface area contributed by atoms with E-state index in [2.05, 4.69) is 20.8 Å². The summed E-state index contributed by atoms with van der Waals surface area (Å²) >= 11 is 0. The fourth-order valence-corrected chi connectivity index (χ4v) is 3.16. The SMILES string of the molecule is CC1CCC(C(C)C)C(Oc2ccccc2C(=O)O)C1. The van der Waals surface area contributed by atoms with Gasteiger partial charge >= 0.3 is 5.97 Å². The lowest BCUT2D eigenvalue weighted by Crippen LogP contribution is -2.36. The van der Waals surface area contributed by atoms with Crippen LogP contribution in [0.15, 0.2) is 24.3 Å². The largest absolute Gasteiger partial charge is 0.489 e. The number of hydrogen-bond acceptors (Lipinski definition) is 2. The number of aromatic carboxylic acids is 1. The Kier molecular flexibility index (Phi) is 4.69. The molecule has 1 fully saturated rings. The number of ether oxygens (including phenoxy) is 1. The van der Waals surface area contributed by atoms with Gasteiger partial charge in [-0.15, -0.1) is 0 Å². The van der Waals surface area contributed by atoms with E-state index in [1.54, 1.807) is 18.2 Å². The molecule has 0 aliphatic heterocycles. The predicted molar refractivity (Wildman–Crippen MR) is 79.2 cm³/mol. The molecule has 3 atom stereocenters. The molecule has 0 radical (unpaired) electrons. The van der Waals surface area contributed by atoms with Gasteiger partial charge in [0, 0.05) is 0 Å². The fourth-order valence-electron chi connectivity index (χ4n) is 3.16. The van der Waals surface area contributed by atoms with Crippen LogP contribution < -0.4 is 4.74 Å². The standard InChI is InChI=1S/C17H24O3/c1-11(2)13-9-8-12(3)10-16(13)20-15-7-5-4-6-14(15)17(18)19/h4-7,11-13,16H,8-10H2,1-3H3,(H,18,19). The summed E-state index contributed by atoms with van der Waals surface area (Å²) in [4.78, 5) is 11.3. The van der Waals surface area contributed by atoms with Gasteiger partial charge in [0.1, 0.15) is 17.4 Å². The topological polar surface area (TPSA) is 46.5 Å². The van der Waals surface area contributed by atoms with Gasteiger partial charge in [0.2, 0.25) is 0 Å². The van der Waals surface area contributed by atoms with E-state index >= 15 is 0 Å². The van der Waals surface area contributed by atoms with E-state index in [0.29, 0.717) is 23.5 Å². The highest BCUT2D eigenvalue weighted by atomic mass is 16.5. The molecule has 3 unspecified atom stereocenters. The molecule has 110 valence electrons. The maximum absolute atomic E-state index is 11.3. The molecule has 3 nitrogen and oxygen atoms in total. The van der Waals surface area contributed by atoms with Gasteiger partial charge in [-0.05, 0) is 42.7 Å². The minimum absolute atomic E-state index is 0.124. The van der Waals surface area contributed by atoms with Crippen molar-refractivity contribution in [3.63, 3.8) is 0 Å². The van der Waals surface area contributed by atoms with Gasteiger partial charge < -0.3 is 9.84 Å². The van der Waals surface area contributed by atoms with Crippen molar-refractivity contribution in [2.75, 3.05) is 0 Å². The molecule has 0 amide bonds. The average Bonchev–Trinajstić information content (AvgIpc) is 2.38. The Morgan fingerprint density at radius 2 is 2.00 bits per heavy atom. The zero-order valence-electron chi connectivity index (χ0n) is 12.5. The highest BCUT2D eigenvalue weighted by molar-refractivity contribution is 5.90. The Bertz CT molecular complexity index is 467. The van der Waals surface area contributed by atoms with Crippen molar-refractivity contribution in [3.8, 4) is 5.75 Å². The molecule has 1 aliphatic rings. The number of carboxylic acids is 1. The summed E-state index contributed by atoms with van der Waals surface area (Å²) in [6, 6.07) is 6.94. The fraction of sp³-hybridized carbons (Fsp3) is 0.588. The summed E-state index contributed by atoms with van der Waals surface area (Å²) in [5.74, 6) is 1.29. The number of carboxylic acid groups (broad SMARTS) is 1. The average molecular weight is 276 g/mol. The predicted octanol–water partition coefficient (Wildman–Crippen LogP) is 4.22. The Hall–Kier alpha value is -1.51. The van der Waals surface area contributed by atoms with E-state index in [-0.39, 0.29) is 11.7 Å². The number of benzene rings is 1. The minimum Gasteiger partial charge on any atom is -0.489 e. The molecule has 1 aromatic carbocycles. The highest BCUT2D eigenvalue weighted by Gasteiger charge is 2.32. The smallest absolute Gasteiger partial charge is 0.339 e. The minimum atomic E-state index is -0.925. The van der Waals surface area contributed by atoms with Crippen molar-refractivity contribution in [2.45, 2.75) is 46.1 Å². The number of para-hydroxylation sites is 1. The lowest BCUT2D eigenvalue weighted by molar-refractivity contribution is 0.0437. The summed E-state index contributed by atoms with van der Waals surface area (Å²) in [5, 5.41) is 9.24. The van der Waals surface area contributed by atoms with E-state index in [0.717, 1.165) is 6.42 Å². The molecule has 0 bridgehead atoms. The molecule has 1 aliphatic carbocycles. The zero-order valence-corrected chi connectivity index (χ0v) is 12.5. The molecule has 2 rings (SSSR count). The van der Waals surface area contributed by atoms with Gasteiger partial charge in [0.05, 0.1) is 0 Å². The van der Waals surface area contributed by atoms with Gasteiger partial charge in [-0.2, -0.15) is 0 Å². The normalized spacial score (nSPS) is 26.5. The first kappa shape index (κ1) is 14.9. The Morgan fingerprint density at radius 3 is 2.65 bits per heavy atom. The Balaban J connectivity index is 2.20. The van der Waals surface area contributed by atoms with Gasteiger partial charge in [0.25, 0.3) is 0 Å². The van der Waals surface area contributed by atoms with Gasteiger partial charge in [-0.1, -0.05) is 39.3 Å². The molecule has 20 heavy (non-hydrogen) atoms. The summed E-state index contributed by atoms with van der Waals surface area (Å²) in [7, 11) is 0. The van der Waals surface area contributed by atoms with E-state index < -0.39 is 5.97 Å². The van der Waals surface area contributed by atoms with Crippen LogP contribution in [-0.2, 0) is 0 Å². The van der Waals surface area contributed by atoms with Crippen molar-refractivity contribution in [1.82, 2.24) is 0 Å². The second-order valence-electron chi connectivity index (χ2n) is 6.28. The summed E-state index contributed by atoms with van der Waals surface area (Å²) in [6.45, 7) is 6.69. The lowest BCUT2D eigenvalue weighted by Gasteiger charge is -2.37. The van der Waals surface area contributed by atoms with Crippen LogP contribution in [0, 0.1) is 17.8 Å². The second kappa shape index (κ2) is 6.29.